The van der Waals surface area contributed by atoms with E-state index in [0.29, 0.717) is 4.83 Å². The van der Waals surface area contributed by atoms with Crippen molar-refractivity contribution in [3.63, 3.8) is 0 Å². The molecular formula is C15H24BrNO. The molecule has 1 rings (SSSR count). The number of aryl methyl sites for hydroxylation is 3. The second kappa shape index (κ2) is 7.27. The molecule has 0 saturated carbocycles. The summed E-state index contributed by atoms with van der Waals surface area (Å²) in [5.41, 5.74) is 5.56. The fourth-order valence-corrected chi connectivity index (χ4v) is 3.12. The first kappa shape index (κ1) is 15.7. The Morgan fingerprint density at radius 2 is 1.78 bits per heavy atom. The SMILES string of the molecule is COCC(Br)CN(C)Cc1c(C)cc(C)cc1C. The van der Waals surface area contributed by atoms with Crippen LogP contribution in [0.2, 0.25) is 0 Å². The molecule has 0 amide bonds. The lowest BCUT2D eigenvalue weighted by Gasteiger charge is -2.22. The third-order valence-electron chi connectivity index (χ3n) is 3.13. The topological polar surface area (TPSA) is 12.5 Å². The summed E-state index contributed by atoms with van der Waals surface area (Å²) in [4.78, 5) is 2.72. The average Bonchev–Trinajstić information content (AvgIpc) is 2.23. The first-order valence-electron chi connectivity index (χ1n) is 6.32. The molecule has 0 heterocycles. The van der Waals surface area contributed by atoms with Gasteiger partial charge >= 0.3 is 0 Å². The van der Waals surface area contributed by atoms with E-state index in [1.54, 1.807) is 7.11 Å². The van der Waals surface area contributed by atoms with Gasteiger partial charge in [0.1, 0.15) is 0 Å². The molecule has 0 spiro atoms. The minimum absolute atomic E-state index is 0.388. The Balaban J connectivity index is 2.67. The Hall–Kier alpha value is -0.380. The van der Waals surface area contributed by atoms with Crippen LogP contribution in [-0.2, 0) is 11.3 Å². The number of hydrogen-bond acceptors (Lipinski definition) is 2. The van der Waals surface area contributed by atoms with Crippen molar-refractivity contribution in [3.05, 3.63) is 34.4 Å². The van der Waals surface area contributed by atoms with E-state index in [-0.39, 0.29) is 0 Å². The normalized spacial score (nSPS) is 13.1. The average molecular weight is 314 g/mol. The molecule has 0 N–H and O–H groups in total. The monoisotopic (exact) mass is 313 g/mol. The van der Waals surface area contributed by atoms with E-state index < -0.39 is 0 Å². The fraction of sp³-hybridized carbons (Fsp3) is 0.600. The number of alkyl halides is 1. The van der Waals surface area contributed by atoms with Crippen molar-refractivity contribution < 1.29 is 4.74 Å². The highest BCUT2D eigenvalue weighted by Crippen LogP contribution is 2.18. The first-order valence-corrected chi connectivity index (χ1v) is 7.24. The van der Waals surface area contributed by atoms with E-state index in [1.165, 1.54) is 22.3 Å². The van der Waals surface area contributed by atoms with Crippen molar-refractivity contribution >= 4 is 15.9 Å². The number of benzene rings is 1. The number of rotatable bonds is 6. The molecule has 0 aliphatic rings. The minimum atomic E-state index is 0.388. The predicted molar refractivity (Wildman–Crippen MR) is 81.6 cm³/mol. The highest BCUT2D eigenvalue weighted by molar-refractivity contribution is 9.09. The van der Waals surface area contributed by atoms with E-state index in [4.69, 9.17) is 4.74 Å². The lowest BCUT2D eigenvalue weighted by molar-refractivity contribution is 0.185. The number of methoxy groups -OCH3 is 1. The zero-order chi connectivity index (χ0) is 13.7. The molecule has 1 atom stereocenters. The van der Waals surface area contributed by atoms with Crippen LogP contribution in [0.25, 0.3) is 0 Å². The van der Waals surface area contributed by atoms with Crippen LogP contribution in [0.1, 0.15) is 22.3 Å². The van der Waals surface area contributed by atoms with Gasteiger partial charge in [0.05, 0.1) is 11.4 Å². The van der Waals surface area contributed by atoms with Crippen LogP contribution in [0, 0.1) is 20.8 Å². The molecule has 3 heteroatoms. The Kier molecular flexibility index (Phi) is 6.33. The van der Waals surface area contributed by atoms with Gasteiger partial charge in [-0.05, 0) is 44.5 Å². The molecule has 0 radical (unpaired) electrons. The molecule has 2 nitrogen and oxygen atoms in total. The quantitative estimate of drug-likeness (QED) is 0.746. The van der Waals surface area contributed by atoms with E-state index in [2.05, 4.69) is 60.8 Å². The molecule has 1 unspecified atom stereocenters. The predicted octanol–water partition coefficient (Wildman–Crippen LogP) is 3.45. The van der Waals surface area contributed by atoms with Crippen LogP contribution in [0.15, 0.2) is 12.1 Å². The van der Waals surface area contributed by atoms with Crippen molar-refractivity contribution in [2.75, 3.05) is 27.3 Å². The van der Waals surface area contributed by atoms with Gasteiger partial charge in [0.15, 0.2) is 0 Å². The number of hydrogen-bond donors (Lipinski definition) is 0. The van der Waals surface area contributed by atoms with Gasteiger partial charge in [-0.2, -0.15) is 0 Å². The van der Waals surface area contributed by atoms with Crippen LogP contribution in [0.3, 0.4) is 0 Å². The third-order valence-corrected chi connectivity index (χ3v) is 3.68. The lowest BCUT2D eigenvalue weighted by Crippen LogP contribution is -2.28. The minimum Gasteiger partial charge on any atom is -0.383 e. The van der Waals surface area contributed by atoms with Crippen molar-refractivity contribution in [1.29, 1.82) is 0 Å². The molecule has 18 heavy (non-hydrogen) atoms. The summed E-state index contributed by atoms with van der Waals surface area (Å²) in [7, 11) is 3.89. The van der Waals surface area contributed by atoms with Gasteiger partial charge < -0.3 is 9.64 Å². The standard InChI is InChI=1S/C15H24BrNO/c1-11-6-12(2)15(13(3)7-11)9-17(4)8-14(16)10-18-5/h6-7,14H,8-10H2,1-5H3. The second-order valence-electron chi connectivity index (χ2n) is 5.13. The molecule has 0 aliphatic carbocycles. The van der Waals surface area contributed by atoms with E-state index in [1.807, 2.05) is 0 Å². The van der Waals surface area contributed by atoms with Gasteiger partial charge in [-0.15, -0.1) is 0 Å². The molecule has 0 fully saturated rings. The number of nitrogens with zero attached hydrogens (tertiary/aromatic N) is 1. The van der Waals surface area contributed by atoms with Gasteiger partial charge in [-0.25, -0.2) is 0 Å². The smallest absolute Gasteiger partial charge is 0.0600 e. The van der Waals surface area contributed by atoms with Crippen molar-refractivity contribution in [1.82, 2.24) is 4.90 Å². The fourth-order valence-electron chi connectivity index (χ4n) is 2.37. The summed E-state index contributed by atoms with van der Waals surface area (Å²) in [6, 6.07) is 4.52. The van der Waals surface area contributed by atoms with Gasteiger partial charge in [0.2, 0.25) is 0 Å². The molecule has 0 bridgehead atoms. The maximum Gasteiger partial charge on any atom is 0.0600 e. The largest absolute Gasteiger partial charge is 0.383 e. The van der Waals surface area contributed by atoms with Crippen LogP contribution in [0.5, 0.6) is 0 Å². The summed E-state index contributed by atoms with van der Waals surface area (Å²) in [6.07, 6.45) is 0. The van der Waals surface area contributed by atoms with Gasteiger partial charge in [0.25, 0.3) is 0 Å². The van der Waals surface area contributed by atoms with E-state index in [0.717, 1.165) is 19.7 Å². The van der Waals surface area contributed by atoms with Crippen LogP contribution < -0.4 is 0 Å². The second-order valence-corrected chi connectivity index (χ2v) is 6.42. The molecule has 0 saturated heterocycles. The maximum absolute atomic E-state index is 5.14. The van der Waals surface area contributed by atoms with Gasteiger partial charge in [0, 0.05) is 20.2 Å². The van der Waals surface area contributed by atoms with Crippen LogP contribution >= 0.6 is 15.9 Å². The summed E-state index contributed by atoms with van der Waals surface area (Å²) < 4.78 is 5.14. The summed E-state index contributed by atoms with van der Waals surface area (Å²) in [5.74, 6) is 0. The Morgan fingerprint density at radius 3 is 2.28 bits per heavy atom. The maximum atomic E-state index is 5.14. The third kappa shape index (κ3) is 4.71. The van der Waals surface area contributed by atoms with Gasteiger partial charge in [-0.3, -0.25) is 0 Å². The summed E-state index contributed by atoms with van der Waals surface area (Å²) in [5, 5.41) is 0. The molecule has 0 aliphatic heterocycles. The van der Waals surface area contributed by atoms with Crippen molar-refractivity contribution in [3.8, 4) is 0 Å². The zero-order valence-electron chi connectivity index (χ0n) is 12.1. The first-order chi connectivity index (χ1) is 8.43. The van der Waals surface area contributed by atoms with Crippen molar-refractivity contribution in [2.45, 2.75) is 32.1 Å². The van der Waals surface area contributed by atoms with E-state index in [9.17, 15) is 0 Å². The van der Waals surface area contributed by atoms with E-state index >= 15 is 0 Å². The molecule has 0 aromatic heterocycles. The van der Waals surface area contributed by atoms with Gasteiger partial charge in [-0.1, -0.05) is 33.6 Å². The highest BCUT2D eigenvalue weighted by Gasteiger charge is 2.11. The summed E-state index contributed by atoms with van der Waals surface area (Å²) >= 11 is 3.63. The molecule has 102 valence electrons. The zero-order valence-corrected chi connectivity index (χ0v) is 13.7. The van der Waals surface area contributed by atoms with Crippen LogP contribution in [-0.4, -0.2) is 37.0 Å². The Morgan fingerprint density at radius 1 is 1.22 bits per heavy atom. The Labute approximate surface area is 119 Å². The molecule has 1 aromatic carbocycles. The Bertz CT molecular complexity index is 369. The van der Waals surface area contributed by atoms with Crippen molar-refractivity contribution in [2.24, 2.45) is 0 Å². The number of halogens is 1. The summed E-state index contributed by atoms with van der Waals surface area (Å²) in [6.45, 7) is 9.27. The highest BCUT2D eigenvalue weighted by atomic mass is 79.9. The molecule has 1 aromatic rings. The van der Waals surface area contributed by atoms with Crippen LogP contribution in [0.4, 0.5) is 0 Å². The number of ether oxygens (including phenoxy) is 1. The molecular weight excluding hydrogens is 290 g/mol. The lowest BCUT2D eigenvalue weighted by atomic mass is 9.99.